The van der Waals surface area contributed by atoms with Gasteiger partial charge >= 0.3 is 18.2 Å². The van der Waals surface area contributed by atoms with E-state index >= 15 is 0 Å². The van der Waals surface area contributed by atoms with Crippen LogP contribution in [0.15, 0.2) is 23.2 Å². The monoisotopic (exact) mass is 423 g/mol. The molecule has 0 aliphatic heterocycles. The highest BCUT2D eigenvalue weighted by molar-refractivity contribution is 6.02. The van der Waals surface area contributed by atoms with Gasteiger partial charge in [0.05, 0.1) is 19.8 Å². The first kappa shape index (κ1) is 24.7. The third kappa shape index (κ3) is 8.80. The van der Waals surface area contributed by atoms with E-state index in [1.54, 1.807) is 41.5 Å². The smallest absolute Gasteiger partial charge is 0.414 e. The number of aliphatic imine (C=N–C) groups is 1. The summed E-state index contributed by atoms with van der Waals surface area (Å²) >= 11 is 0. The molecule has 0 atom stereocenters. The summed E-state index contributed by atoms with van der Waals surface area (Å²) in [5.41, 5.74) is -1.05. The third-order valence-corrected chi connectivity index (χ3v) is 3.07. The molecule has 0 unspecified atom stereocenters. The van der Waals surface area contributed by atoms with Crippen LogP contribution in [-0.4, -0.2) is 49.5 Å². The molecular formula is C20H29N3O7. The van der Waals surface area contributed by atoms with Crippen LogP contribution in [0.2, 0.25) is 0 Å². The van der Waals surface area contributed by atoms with Crippen LogP contribution in [0.1, 0.15) is 51.9 Å². The van der Waals surface area contributed by atoms with Gasteiger partial charge in [-0.2, -0.15) is 0 Å². The third-order valence-electron chi connectivity index (χ3n) is 3.07. The predicted molar refractivity (Wildman–Crippen MR) is 110 cm³/mol. The van der Waals surface area contributed by atoms with Crippen molar-refractivity contribution < 1.29 is 33.3 Å². The van der Waals surface area contributed by atoms with Gasteiger partial charge in [-0.15, -0.1) is 0 Å². The van der Waals surface area contributed by atoms with Crippen molar-refractivity contribution in [1.82, 2.24) is 10.6 Å². The van der Waals surface area contributed by atoms with Gasteiger partial charge in [0.1, 0.15) is 22.6 Å². The first-order valence-corrected chi connectivity index (χ1v) is 9.09. The Balaban J connectivity index is 3.25. The van der Waals surface area contributed by atoms with Gasteiger partial charge in [0, 0.05) is 0 Å². The van der Waals surface area contributed by atoms with Crippen LogP contribution in [0, 0.1) is 0 Å². The Kier molecular flexibility index (Phi) is 8.20. The maximum Gasteiger partial charge on any atom is 0.414 e. The minimum Gasteiger partial charge on any atom is -0.494 e. The van der Waals surface area contributed by atoms with E-state index in [-0.39, 0.29) is 23.0 Å². The van der Waals surface area contributed by atoms with Crippen LogP contribution < -0.4 is 15.4 Å². The number of rotatable bonds is 3. The van der Waals surface area contributed by atoms with Gasteiger partial charge in [-0.3, -0.25) is 10.6 Å². The van der Waals surface area contributed by atoms with Crippen LogP contribution in [0.4, 0.5) is 15.3 Å². The lowest BCUT2D eigenvalue weighted by Crippen LogP contribution is -2.47. The highest BCUT2D eigenvalue weighted by atomic mass is 16.6. The zero-order valence-corrected chi connectivity index (χ0v) is 18.5. The summed E-state index contributed by atoms with van der Waals surface area (Å²) in [7, 11) is 2.65. The van der Waals surface area contributed by atoms with Crippen molar-refractivity contribution in [2.24, 2.45) is 4.99 Å². The lowest BCUT2D eigenvalue weighted by molar-refractivity contribution is 0.0542. The van der Waals surface area contributed by atoms with Gasteiger partial charge in [0.25, 0.3) is 0 Å². The first-order valence-electron chi connectivity index (χ1n) is 9.09. The van der Waals surface area contributed by atoms with Crippen LogP contribution in [-0.2, 0) is 14.2 Å². The number of carbonyl (C=O) groups is 3. The van der Waals surface area contributed by atoms with Gasteiger partial charge < -0.3 is 18.9 Å². The number of esters is 1. The number of hydrogen-bond acceptors (Lipinski definition) is 8. The Bertz CT molecular complexity index is 789. The molecule has 1 aromatic rings. The molecule has 0 bridgehead atoms. The van der Waals surface area contributed by atoms with E-state index in [9.17, 15) is 14.4 Å². The Hall–Kier alpha value is -3.30. The average Bonchev–Trinajstić information content (AvgIpc) is 2.57. The SMILES string of the molecule is COC(=O)c1ccc(N=C(NC(=O)OC(C)(C)C)NC(=O)OC(C)(C)C)c(OC)c1. The number of alkyl carbamates (subject to hydrolysis) is 2. The molecule has 0 aliphatic rings. The van der Waals surface area contributed by atoms with Crippen molar-refractivity contribution in [2.75, 3.05) is 14.2 Å². The number of ether oxygens (including phenoxy) is 4. The second kappa shape index (κ2) is 9.95. The van der Waals surface area contributed by atoms with Crippen LogP contribution in [0.3, 0.4) is 0 Å². The molecule has 0 fully saturated rings. The molecule has 2 amide bonds. The molecule has 0 aromatic heterocycles. The van der Waals surface area contributed by atoms with E-state index in [0.717, 1.165) is 0 Å². The summed E-state index contributed by atoms with van der Waals surface area (Å²) in [6.45, 7) is 10.2. The largest absolute Gasteiger partial charge is 0.494 e. The number of nitrogens with zero attached hydrogens (tertiary/aromatic N) is 1. The van der Waals surface area contributed by atoms with E-state index in [1.807, 2.05) is 0 Å². The molecule has 10 heteroatoms. The number of carbonyl (C=O) groups excluding carboxylic acids is 3. The van der Waals surface area contributed by atoms with Crippen LogP contribution >= 0.6 is 0 Å². The Morgan fingerprint density at radius 1 is 0.867 bits per heavy atom. The second-order valence-electron chi connectivity index (χ2n) is 8.09. The van der Waals surface area contributed by atoms with Gasteiger partial charge in [0.15, 0.2) is 0 Å². The fraction of sp³-hybridized carbons (Fsp3) is 0.500. The van der Waals surface area contributed by atoms with E-state index < -0.39 is 29.4 Å². The fourth-order valence-corrected chi connectivity index (χ4v) is 2.02. The van der Waals surface area contributed by atoms with Crippen molar-refractivity contribution in [3.63, 3.8) is 0 Å². The van der Waals surface area contributed by atoms with Crippen molar-refractivity contribution in [2.45, 2.75) is 52.7 Å². The summed E-state index contributed by atoms with van der Waals surface area (Å²) in [5.74, 6) is -0.585. The number of nitrogens with one attached hydrogen (secondary N) is 2. The van der Waals surface area contributed by atoms with E-state index in [4.69, 9.17) is 14.2 Å². The maximum atomic E-state index is 12.2. The van der Waals surface area contributed by atoms with Crippen molar-refractivity contribution in [3.05, 3.63) is 23.8 Å². The molecule has 0 radical (unpaired) electrons. The minimum absolute atomic E-state index is 0.215. The highest BCUT2D eigenvalue weighted by Crippen LogP contribution is 2.28. The number of amides is 2. The lowest BCUT2D eigenvalue weighted by atomic mass is 10.2. The van der Waals surface area contributed by atoms with Crippen LogP contribution in [0.25, 0.3) is 0 Å². The topological polar surface area (TPSA) is 125 Å². The summed E-state index contributed by atoms with van der Waals surface area (Å²) < 4.78 is 20.3. The summed E-state index contributed by atoms with van der Waals surface area (Å²) in [4.78, 5) is 40.3. The van der Waals surface area contributed by atoms with E-state index in [1.165, 1.54) is 32.4 Å². The molecule has 10 nitrogen and oxygen atoms in total. The molecule has 1 aromatic carbocycles. The minimum atomic E-state index is -0.831. The normalized spacial score (nSPS) is 11.1. The van der Waals surface area contributed by atoms with E-state index in [2.05, 4.69) is 20.4 Å². The number of hydrogen-bond donors (Lipinski definition) is 2. The fourth-order valence-electron chi connectivity index (χ4n) is 2.02. The summed E-state index contributed by atoms with van der Waals surface area (Å²) in [5, 5.41) is 4.74. The van der Waals surface area contributed by atoms with Gasteiger partial charge in [0.2, 0.25) is 5.96 Å². The molecule has 1 rings (SSSR count). The Morgan fingerprint density at radius 3 is 1.77 bits per heavy atom. The molecule has 166 valence electrons. The standard InChI is InChI=1S/C20H29N3O7/c1-19(2,3)29-17(25)22-16(23-18(26)30-20(4,5)6)21-13-10-9-12(15(24)28-8)11-14(13)27-7/h9-11H,1-8H3,(H2,21,22,23,25,26). The lowest BCUT2D eigenvalue weighted by Gasteiger charge is -2.22. The second-order valence-corrected chi connectivity index (χ2v) is 8.09. The van der Waals surface area contributed by atoms with Crippen molar-refractivity contribution >= 4 is 29.8 Å². The molecule has 0 aliphatic carbocycles. The molecule has 0 spiro atoms. The van der Waals surface area contributed by atoms with Gasteiger partial charge in [-0.05, 0) is 59.7 Å². The predicted octanol–water partition coefficient (Wildman–Crippen LogP) is 3.52. The summed E-state index contributed by atoms with van der Waals surface area (Å²) in [6.07, 6.45) is -1.66. The van der Waals surface area contributed by atoms with Crippen LogP contribution in [0.5, 0.6) is 5.75 Å². The van der Waals surface area contributed by atoms with Crippen molar-refractivity contribution in [1.29, 1.82) is 0 Å². The zero-order valence-electron chi connectivity index (χ0n) is 18.5. The molecular weight excluding hydrogens is 394 g/mol. The van der Waals surface area contributed by atoms with Crippen molar-refractivity contribution in [3.8, 4) is 5.75 Å². The Morgan fingerprint density at radius 2 is 1.37 bits per heavy atom. The Labute approximate surface area is 175 Å². The van der Waals surface area contributed by atoms with Gasteiger partial charge in [-0.25, -0.2) is 19.4 Å². The van der Waals surface area contributed by atoms with Gasteiger partial charge in [-0.1, -0.05) is 0 Å². The summed E-state index contributed by atoms with van der Waals surface area (Å²) in [6, 6.07) is 4.35. The number of methoxy groups -OCH3 is 2. The van der Waals surface area contributed by atoms with E-state index in [0.29, 0.717) is 0 Å². The first-order chi connectivity index (χ1) is 13.7. The molecule has 30 heavy (non-hydrogen) atoms. The number of guanidine groups is 1. The zero-order chi connectivity index (χ0) is 23.1. The molecule has 0 saturated heterocycles. The molecule has 0 saturated carbocycles. The maximum absolute atomic E-state index is 12.2. The quantitative estimate of drug-likeness (QED) is 0.330. The number of benzene rings is 1. The molecule has 0 heterocycles. The highest BCUT2D eigenvalue weighted by Gasteiger charge is 2.22. The average molecular weight is 423 g/mol. The molecule has 2 N–H and O–H groups in total.